The lowest BCUT2D eigenvalue weighted by Gasteiger charge is -2.13. The lowest BCUT2D eigenvalue weighted by molar-refractivity contribution is -0.115. The van der Waals surface area contributed by atoms with Crippen LogP contribution in [0, 0.1) is 13.8 Å². The van der Waals surface area contributed by atoms with Gasteiger partial charge in [-0.05, 0) is 61.3 Å². The molecule has 4 nitrogen and oxygen atoms in total. The maximum Gasteiger partial charge on any atom is 0.243 e. The number of carbonyl (C=O) groups excluding carboxylic acids is 1. The predicted octanol–water partition coefficient (Wildman–Crippen LogP) is 3.79. The zero-order valence-corrected chi connectivity index (χ0v) is 15.1. The summed E-state index contributed by atoms with van der Waals surface area (Å²) in [5, 5.41) is 9.35. The van der Waals surface area contributed by atoms with Gasteiger partial charge in [0, 0.05) is 11.4 Å². The van der Waals surface area contributed by atoms with Gasteiger partial charge in [0.2, 0.25) is 5.91 Å². The number of hydrogen-bond acceptors (Lipinski definition) is 2. The molecular formula is C19H23N3OS. The maximum absolute atomic E-state index is 12.1. The largest absolute Gasteiger partial charge is 0.353 e. The first kappa shape index (κ1) is 17.9. The minimum Gasteiger partial charge on any atom is -0.353 e. The number of para-hydroxylation sites is 1. The highest BCUT2D eigenvalue weighted by Gasteiger charge is 2.07. The van der Waals surface area contributed by atoms with Crippen LogP contribution in [0.1, 0.15) is 23.6 Å². The summed E-state index contributed by atoms with van der Waals surface area (Å²) in [5.74, 6) is -0.127. The summed E-state index contributed by atoms with van der Waals surface area (Å²) in [6.07, 6.45) is 1.00. The predicted molar refractivity (Wildman–Crippen MR) is 105 cm³/mol. The minimum atomic E-state index is -0.127. The smallest absolute Gasteiger partial charge is 0.243 e. The van der Waals surface area contributed by atoms with Crippen LogP contribution in [-0.4, -0.2) is 17.6 Å². The van der Waals surface area contributed by atoms with Crippen molar-refractivity contribution in [2.75, 3.05) is 17.2 Å². The van der Waals surface area contributed by atoms with E-state index in [0.717, 1.165) is 28.9 Å². The number of nitrogens with one attached hydrogen (secondary N) is 3. The molecule has 5 heteroatoms. The molecule has 0 atom stereocenters. The SMILES string of the molecule is CCc1ccc(NC(=S)NCC(=O)Nc2c(C)cccc2C)cc1. The van der Waals surface area contributed by atoms with E-state index >= 15 is 0 Å². The normalized spacial score (nSPS) is 10.1. The highest BCUT2D eigenvalue weighted by molar-refractivity contribution is 7.80. The molecule has 3 N–H and O–H groups in total. The molecule has 0 radical (unpaired) electrons. The first-order valence-electron chi connectivity index (χ1n) is 7.99. The Labute approximate surface area is 148 Å². The maximum atomic E-state index is 12.1. The average molecular weight is 341 g/mol. The lowest BCUT2D eigenvalue weighted by Crippen LogP contribution is -2.35. The number of hydrogen-bond donors (Lipinski definition) is 3. The molecule has 0 spiro atoms. The molecule has 0 aliphatic rings. The third-order valence-corrected chi connectivity index (χ3v) is 4.02. The van der Waals surface area contributed by atoms with Gasteiger partial charge < -0.3 is 16.0 Å². The fourth-order valence-electron chi connectivity index (χ4n) is 2.35. The van der Waals surface area contributed by atoms with Crippen LogP contribution in [0.3, 0.4) is 0 Å². The van der Waals surface area contributed by atoms with Gasteiger partial charge in [-0.3, -0.25) is 4.79 Å². The van der Waals surface area contributed by atoms with Crippen molar-refractivity contribution < 1.29 is 4.79 Å². The van der Waals surface area contributed by atoms with Gasteiger partial charge in [-0.15, -0.1) is 0 Å². The number of aryl methyl sites for hydroxylation is 3. The third-order valence-electron chi connectivity index (χ3n) is 3.78. The molecule has 0 fully saturated rings. The van der Waals surface area contributed by atoms with E-state index in [-0.39, 0.29) is 12.5 Å². The quantitative estimate of drug-likeness (QED) is 0.724. The second kappa shape index (κ2) is 8.45. The topological polar surface area (TPSA) is 53.2 Å². The highest BCUT2D eigenvalue weighted by Crippen LogP contribution is 2.19. The van der Waals surface area contributed by atoms with E-state index in [1.165, 1.54) is 5.56 Å². The molecule has 0 aliphatic heterocycles. The summed E-state index contributed by atoms with van der Waals surface area (Å²) in [7, 11) is 0. The molecule has 0 bridgehead atoms. The highest BCUT2D eigenvalue weighted by atomic mass is 32.1. The van der Waals surface area contributed by atoms with Crippen molar-refractivity contribution in [3.8, 4) is 0 Å². The summed E-state index contributed by atoms with van der Waals surface area (Å²) in [4.78, 5) is 12.1. The molecule has 0 aliphatic carbocycles. The number of carbonyl (C=O) groups is 1. The Bertz CT molecular complexity index is 706. The number of anilines is 2. The van der Waals surface area contributed by atoms with Gasteiger partial charge in [-0.25, -0.2) is 0 Å². The van der Waals surface area contributed by atoms with Crippen molar-refractivity contribution >= 4 is 34.6 Å². The number of amides is 1. The molecule has 0 aromatic heterocycles. The van der Waals surface area contributed by atoms with Crippen LogP contribution in [0.4, 0.5) is 11.4 Å². The van der Waals surface area contributed by atoms with Crippen molar-refractivity contribution in [3.05, 3.63) is 59.2 Å². The van der Waals surface area contributed by atoms with Crippen molar-refractivity contribution in [1.82, 2.24) is 5.32 Å². The summed E-state index contributed by atoms with van der Waals surface area (Å²) >= 11 is 5.23. The molecule has 1 amide bonds. The van der Waals surface area contributed by atoms with Gasteiger partial charge in [-0.1, -0.05) is 37.3 Å². The van der Waals surface area contributed by atoms with Crippen molar-refractivity contribution in [1.29, 1.82) is 0 Å². The van der Waals surface area contributed by atoms with Gasteiger partial charge in [-0.2, -0.15) is 0 Å². The van der Waals surface area contributed by atoms with Crippen LogP contribution in [0.15, 0.2) is 42.5 Å². The number of rotatable bonds is 5. The van der Waals surface area contributed by atoms with Crippen LogP contribution in [0.2, 0.25) is 0 Å². The summed E-state index contributed by atoms with van der Waals surface area (Å²) < 4.78 is 0. The van der Waals surface area contributed by atoms with Gasteiger partial charge in [0.05, 0.1) is 6.54 Å². The van der Waals surface area contributed by atoms with Crippen molar-refractivity contribution in [2.45, 2.75) is 27.2 Å². The molecule has 2 aromatic carbocycles. The molecule has 24 heavy (non-hydrogen) atoms. The van der Waals surface area contributed by atoms with E-state index in [4.69, 9.17) is 12.2 Å². The molecule has 0 saturated carbocycles. The Hall–Kier alpha value is -2.40. The summed E-state index contributed by atoms with van der Waals surface area (Å²) in [6.45, 7) is 6.18. The zero-order valence-electron chi connectivity index (χ0n) is 14.3. The number of benzene rings is 2. The van der Waals surface area contributed by atoms with E-state index in [0.29, 0.717) is 5.11 Å². The zero-order chi connectivity index (χ0) is 17.5. The van der Waals surface area contributed by atoms with Gasteiger partial charge in [0.1, 0.15) is 0 Å². The minimum absolute atomic E-state index is 0.118. The van der Waals surface area contributed by atoms with E-state index in [1.54, 1.807) is 0 Å². The fraction of sp³-hybridized carbons (Fsp3) is 0.263. The first-order valence-corrected chi connectivity index (χ1v) is 8.40. The van der Waals surface area contributed by atoms with E-state index in [9.17, 15) is 4.79 Å². The average Bonchev–Trinajstić information content (AvgIpc) is 2.57. The molecule has 2 aromatic rings. The van der Waals surface area contributed by atoms with Gasteiger partial charge in [0.25, 0.3) is 0 Å². The van der Waals surface area contributed by atoms with Crippen LogP contribution >= 0.6 is 12.2 Å². The Kier molecular flexibility index (Phi) is 6.32. The fourth-order valence-corrected chi connectivity index (χ4v) is 2.54. The van der Waals surface area contributed by atoms with E-state index in [2.05, 4.69) is 35.0 Å². The first-order chi connectivity index (χ1) is 11.5. The summed E-state index contributed by atoms with van der Waals surface area (Å²) in [5.41, 5.74) is 5.12. The Balaban J connectivity index is 1.83. The van der Waals surface area contributed by atoms with Crippen molar-refractivity contribution in [2.24, 2.45) is 0 Å². The van der Waals surface area contributed by atoms with Crippen LogP contribution in [0.5, 0.6) is 0 Å². The van der Waals surface area contributed by atoms with Crippen molar-refractivity contribution in [3.63, 3.8) is 0 Å². The molecule has 126 valence electrons. The molecule has 0 unspecified atom stereocenters. The second-order valence-electron chi connectivity index (χ2n) is 5.67. The van der Waals surface area contributed by atoms with Gasteiger partial charge in [0.15, 0.2) is 5.11 Å². The monoisotopic (exact) mass is 341 g/mol. The van der Waals surface area contributed by atoms with Crippen LogP contribution < -0.4 is 16.0 Å². The standard InChI is InChI=1S/C19H23N3OS/c1-4-15-8-10-16(11-9-15)21-19(24)20-12-17(23)22-18-13(2)6-5-7-14(18)3/h5-11H,4,12H2,1-3H3,(H,22,23)(H2,20,21,24). The Morgan fingerprint density at radius 3 is 2.21 bits per heavy atom. The summed E-state index contributed by atoms with van der Waals surface area (Å²) in [6, 6.07) is 14.0. The van der Waals surface area contributed by atoms with E-state index in [1.807, 2.05) is 44.2 Å². The molecule has 0 saturated heterocycles. The molecule has 0 heterocycles. The third kappa shape index (κ3) is 5.06. The Morgan fingerprint density at radius 2 is 1.62 bits per heavy atom. The lowest BCUT2D eigenvalue weighted by atomic mass is 10.1. The molecular weight excluding hydrogens is 318 g/mol. The van der Waals surface area contributed by atoms with Crippen LogP contribution in [-0.2, 0) is 11.2 Å². The second-order valence-corrected chi connectivity index (χ2v) is 6.08. The Morgan fingerprint density at radius 1 is 1.00 bits per heavy atom. The van der Waals surface area contributed by atoms with Crippen LogP contribution in [0.25, 0.3) is 0 Å². The van der Waals surface area contributed by atoms with E-state index < -0.39 is 0 Å². The molecule has 2 rings (SSSR count). The number of thiocarbonyl (C=S) groups is 1. The van der Waals surface area contributed by atoms with Gasteiger partial charge >= 0.3 is 0 Å².